The van der Waals surface area contributed by atoms with Crippen LogP contribution in [-0.4, -0.2) is 26.8 Å². The maximum Gasteiger partial charge on any atom is 0.338 e. The molecule has 0 bridgehead atoms. The standard InChI is InChI=1S/C26H27ClN4O3/c1-17-23(25(32)34-20-10-3-2-4-11-20)24(31-26(30-17)28-16-29-31)18-9-7-12-21(14-18)33-15-19-8-5-6-13-22(19)27/h5-9,12-14,16,20,24H,2-4,10-11,15H2,1H3,(H,28,29,30). The Bertz CT molecular complexity index is 1220. The summed E-state index contributed by atoms with van der Waals surface area (Å²) in [6.45, 7) is 2.22. The Kier molecular flexibility index (Phi) is 6.54. The van der Waals surface area contributed by atoms with E-state index in [4.69, 9.17) is 21.1 Å². The number of nitrogens with zero attached hydrogens (tertiary/aromatic N) is 3. The van der Waals surface area contributed by atoms with Gasteiger partial charge in [0.15, 0.2) is 0 Å². The molecule has 1 atom stereocenters. The summed E-state index contributed by atoms with van der Waals surface area (Å²) in [5.41, 5.74) is 3.02. The zero-order valence-electron chi connectivity index (χ0n) is 19.0. The van der Waals surface area contributed by atoms with Crippen LogP contribution in [0.2, 0.25) is 5.02 Å². The minimum Gasteiger partial charge on any atom is -0.489 e. The van der Waals surface area contributed by atoms with Gasteiger partial charge in [-0.3, -0.25) is 0 Å². The van der Waals surface area contributed by atoms with Gasteiger partial charge in [0.25, 0.3) is 0 Å². The Balaban J connectivity index is 1.43. The van der Waals surface area contributed by atoms with Crippen molar-refractivity contribution in [2.75, 3.05) is 5.32 Å². The van der Waals surface area contributed by atoms with Gasteiger partial charge < -0.3 is 14.8 Å². The number of carbonyl (C=O) groups is 1. The van der Waals surface area contributed by atoms with Crippen LogP contribution in [0.3, 0.4) is 0 Å². The van der Waals surface area contributed by atoms with Crippen molar-refractivity contribution in [3.05, 3.63) is 82.3 Å². The molecular formula is C26H27ClN4O3. The Hall–Kier alpha value is -3.32. The molecule has 1 saturated carbocycles. The molecule has 5 rings (SSSR count). The molecule has 1 aliphatic heterocycles. The number of rotatable bonds is 6. The van der Waals surface area contributed by atoms with E-state index in [9.17, 15) is 4.79 Å². The van der Waals surface area contributed by atoms with Crippen LogP contribution in [-0.2, 0) is 16.1 Å². The quantitative estimate of drug-likeness (QED) is 0.459. The molecule has 1 N–H and O–H groups in total. The number of anilines is 1. The van der Waals surface area contributed by atoms with Crippen LogP contribution < -0.4 is 10.1 Å². The first-order valence-corrected chi connectivity index (χ1v) is 12.0. The average Bonchev–Trinajstić information content (AvgIpc) is 3.31. The van der Waals surface area contributed by atoms with Crippen molar-refractivity contribution in [2.45, 2.75) is 57.8 Å². The molecule has 8 heteroatoms. The highest BCUT2D eigenvalue weighted by Gasteiger charge is 2.35. The van der Waals surface area contributed by atoms with Crippen LogP contribution in [0.25, 0.3) is 0 Å². The molecule has 2 aromatic carbocycles. The highest BCUT2D eigenvalue weighted by Crippen LogP contribution is 2.37. The first kappa shape index (κ1) is 22.5. The fourth-order valence-corrected chi connectivity index (χ4v) is 4.80. The molecule has 0 spiro atoms. The van der Waals surface area contributed by atoms with Crippen LogP contribution in [0.1, 0.15) is 56.2 Å². The first-order chi connectivity index (χ1) is 16.6. The SMILES string of the molecule is CC1=C(C(=O)OC2CCCCC2)C(c2cccc(OCc3ccccc3Cl)c2)n2ncnc2N1. The Morgan fingerprint density at radius 1 is 1.15 bits per heavy atom. The number of hydrogen-bond acceptors (Lipinski definition) is 6. The second kappa shape index (κ2) is 9.89. The molecular weight excluding hydrogens is 452 g/mol. The van der Waals surface area contributed by atoms with Crippen molar-refractivity contribution < 1.29 is 14.3 Å². The maximum absolute atomic E-state index is 13.4. The first-order valence-electron chi connectivity index (χ1n) is 11.6. The number of ether oxygens (including phenoxy) is 2. The minimum atomic E-state index is -0.473. The highest BCUT2D eigenvalue weighted by atomic mass is 35.5. The van der Waals surface area contributed by atoms with Crippen LogP contribution in [0.5, 0.6) is 5.75 Å². The third-order valence-electron chi connectivity index (χ3n) is 6.37. The third kappa shape index (κ3) is 4.66. The van der Waals surface area contributed by atoms with Crippen LogP contribution in [0.4, 0.5) is 5.95 Å². The predicted octanol–water partition coefficient (Wildman–Crippen LogP) is 5.68. The number of carbonyl (C=O) groups excluding carboxylic acids is 1. The predicted molar refractivity (Wildman–Crippen MR) is 130 cm³/mol. The molecule has 0 saturated heterocycles. The van der Waals surface area contributed by atoms with Gasteiger partial charge in [0.2, 0.25) is 5.95 Å². The van der Waals surface area contributed by atoms with Crippen LogP contribution >= 0.6 is 11.6 Å². The van der Waals surface area contributed by atoms with Crippen molar-refractivity contribution in [3.63, 3.8) is 0 Å². The molecule has 176 valence electrons. The minimum absolute atomic E-state index is 0.0374. The zero-order chi connectivity index (χ0) is 23.5. The summed E-state index contributed by atoms with van der Waals surface area (Å²) in [5, 5.41) is 8.27. The van der Waals surface area contributed by atoms with Gasteiger partial charge in [0.1, 0.15) is 30.8 Å². The van der Waals surface area contributed by atoms with E-state index >= 15 is 0 Å². The third-order valence-corrected chi connectivity index (χ3v) is 6.73. The van der Waals surface area contributed by atoms with Gasteiger partial charge >= 0.3 is 5.97 Å². The summed E-state index contributed by atoms with van der Waals surface area (Å²) in [6, 6.07) is 14.8. The van der Waals surface area contributed by atoms with Gasteiger partial charge in [-0.1, -0.05) is 48.4 Å². The summed E-state index contributed by atoms with van der Waals surface area (Å²) in [7, 11) is 0. The summed E-state index contributed by atoms with van der Waals surface area (Å²) in [4.78, 5) is 17.7. The number of allylic oxidation sites excluding steroid dienone is 1. The molecule has 0 radical (unpaired) electrons. The number of hydrogen-bond donors (Lipinski definition) is 1. The lowest BCUT2D eigenvalue weighted by Crippen LogP contribution is -2.32. The lowest BCUT2D eigenvalue weighted by molar-refractivity contribution is -0.146. The number of fused-ring (bicyclic) bond motifs is 1. The molecule has 1 fully saturated rings. The Morgan fingerprint density at radius 3 is 2.79 bits per heavy atom. The summed E-state index contributed by atoms with van der Waals surface area (Å²) in [5.74, 6) is 0.944. The number of aromatic nitrogens is 3. The van der Waals surface area contributed by atoms with E-state index in [1.54, 1.807) is 4.68 Å². The number of esters is 1. The topological polar surface area (TPSA) is 78.3 Å². The van der Waals surface area contributed by atoms with E-state index in [-0.39, 0.29) is 12.1 Å². The second-order valence-electron chi connectivity index (χ2n) is 8.71. The van der Waals surface area contributed by atoms with Crippen molar-refractivity contribution in [1.29, 1.82) is 0 Å². The normalized spacial score (nSPS) is 18.2. The number of nitrogens with one attached hydrogen (secondary N) is 1. The van der Waals surface area contributed by atoms with E-state index in [2.05, 4.69) is 15.4 Å². The van der Waals surface area contributed by atoms with Crippen molar-refractivity contribution in [3.8, 4) is 5.75 Å². The molecule has 2 aliphatic rings. The van der Waals surface area contributed by atoms with Crippen molar-refractivity contribution in [2.24, 2.45) is 0 Å². The second-order valence-corrected chi connectivity index (χ2v) is 9.12. The monoisotopic (exact) mass is 478 g/mol. The lowest BCUT2D eigenvalue weighted by atomic mass is 9.94. The molecule has 3 aromatic rings. The van der Waals surface area contributed by atoms with Crippen molar-refractivity contribution >= 4 is 23.5 Å². The van der Waals surface area contributed by atoms with Gasteiger partial charge in [-0.05, 0) is 56.4 Å². The van der Waals surface area contributed by atoms with E-state index in [0.29, 0.717) is 34.6 Å². The smallest absolute Gasteiger partial charge is 0.338 e. The highest BCUT2D eigenvalue weighted by molar-refractivity contribution is 6.31. The zero-order valence-corrected chi connectivity index (χ0v) is 19.8. The van der Waals surface area contributed by atoms with E-state index < -0.39 is 6.04 Å². The molecule has 1 aliphatic carbocycles. The van der Waals surface area contributed by atoms with E-state index in [1.807, 2.05) is 55.5 Å². The number of benzene rings is 2. The molecule has 0 amide bonds. The van der Waals surface area contributed by atoms with Crippen LogP contribution in [0, 0.1) is 0 Å². The maximum atomic E-state index is 13.4. The summed E-state index contributed by atoms with van der Waals surface area (Å²) in [6.07, 6.45) is 6.65. The Labute approximate surface area is 203 Å². The molecule has 1 aromatic heterocycles. The fraction of sp³-hybridized carbons (Fsp3) is 0.346. The van der Waals surface area contributed by atoms with Gasteiger partial charge in [-0.15, -0.1) is 0 Å². The van der Waals surface area contributed by atoms with Gasteiger partial charge in [-0.25, -0.2) is 9.48 Å². The summed E-state index contributed by atoms with van der Waals surface area (Å²) >= 11 is 6.27. The van der Waals surface area contributed by atoms with Gasteiger partial charge in [0, 0.05) is 16.3 Å². The molecule has 2 heterocycles. The Morgan fingerprint density at radius 2 is 1.97 bits per heavy atom. The van der Waals surface area contributed by atoms with Gasteiger partial charge in [-0.2, -0.15) is 10.1 Å². The fourth-order valence-electron chi connectivity index (χ4n) is 4.61. The largest absolute Gasteiger partial charge is 0.489 e. The van der Waals surface area contributed by atoms with E-state index in [0.717, 1.165) is 36.8 Å². The van der Waals surface area contributed by atoms with Crippen molar-refractivity contribution in [1.82, 2.24) is 14.8 Å². The molecule has 1 unspecified atom stereocenters. The van der Waals surface area contributed by atoms with E-state index in [1.165, 1.54) is 12.7 Å². The molecule has 7 nitrogen and oxygen atoms in total. The van der Waals surface area contributed by atoms with Gasteiger partial charge in [0.05, 0.1) is 5.57 Å². The summed E-state index contributed by atoms with van der Waals surface area (Å²) < 4.78 is 13.7. The lowest BCUT2D eigenvalue weighted by Gasteiger charge is -2.30. The molecule has 34 heavy (non-hydrogen) atoms. The average molecular weight is 479 g/mol. The number of halogens is 1. The van der Waals surface area contributed by atoms with Crippen LogP contribution in [0.15, 0.2) is 66.1 Å².